The van der Waals surface area contributed by atoms with Crippen LogP contribution >= 0.6 is 11.6 Å². The highest BCUT2D eigenvalue weighted by molar-refractivity contribution is 6.32. The molecule has 0 aliphatic heterocycles. The summed E-state index contributed by atoms with van der Waals surface area (Å²) in [6.07, 6.45) is 3.99. The topological polar surface area (TPSA) is 70.1 Å². The molecule has 0 saturated heterocycles. The molecule has 0 saturated carbocycles. The van der Waals surface area contributed by atoms with Gasteiger partial charge in [0, 0.05) is 30.7 Å². The summed E-state index contributed by atoms with van der Waals surface area (Å²) in [6.45, 7) is 2.60. The average Bonchev–Trinajstić information content (AvgIpc) is 2.39. The summed E-state index contributed by atoms with van der Waals surface area (Å²) in [6, 6.07) is 4.82. The van der Waals surface area contributed by atoms with Crippen molar-refractivity contribution >= 4 is 17.3 Å². The molecule has 2 N–H and O–H groups in total. The molecule has 0 spiro atoms. The Morgan fingerprint density at radius 1 is 1.47 bits per heavy atom. The van der Waals surface area contributed by atoms with Crippen LogP contribution in [0.3, 0.4) is 0 Å². The Labute approximate surface area is 115 Å². The molecular weight excluding hydrogens is 266 g/mol. The Hall–Kier alpha value is -2.01. The summed E-state index contributed by atoms with van der Waals surface area (Å²) in [5.74, 6) is 0.309. The van der Waals surface area contributed by atoms with Crippen molar-refractivity contribution in [1.82, 2.24) is 9.55 Å². The van der Waals surface area contributed by atoms with E-state index in [9.17, 15) is 4.79 Å². The van der Waals surface area contributed by atoms with Gasteiger partial charge in [-0.15, -0.1) is 0 Å². The number of anilines is 1. The maximum Gasteiger partial charge on any atom is 0.313 e. The molecule has 0 amide bonds. The van der Waals surface area contributed by atoms with Crippen molar-refractivity contribution < 1.29 is 4.74 Å². The van der Waals surface area contributed by atoms with E-state index in [0.717, 1.165) is 6.42 Å². The number of rotatable bonds is 4. The maximum atomic E-state index is 12.1. The van der Waals surface area contributed by atoms with E-state index in [1.54, 1.807) is 29.0 Å². The molecule has 0 bridgehead atoms. The summed E-state index contributed by atoms with van der Waals surface area (Å²) in [5, 5.41) is 0.376. The number of nitrogens with two attached hydrogens (primary N) is 1. The van der Waals surface area contributed by atoms with Gasteiger partial charge in [0.1, 0.15) is 5.75 Å². The Morgan fingerprint density at radius 2 is 2.26 bits per heavy atom. The zero-order valence-electron chi connectivity index (χ0n) is 10.5. The number of ether oxygens (including phenoxy) is 1. The number of hydrogen-bond donors (Lipinski definition) is 1. The van der Waals surface area contributed by atoms with E-state index in [-0.39, 0.29) is 11.4 Å². The van der Waals surface area contributed by atoms with Crippen molar-refractivity contribution in [3.63, 3.8) is 0 Å². The number of nitrogens with zero attached hydrogens (tertiary/aromatic N) is 2. The maximum absolute atomic E-state index is 12.1. The molecule has 1 heterocycles. The molecule has 0 aliphatic carbocycles. The Morgan fingerprint density at radius 3 is 3.00 bits per heavy atom. The van der Waals surface area contributed by atoms with Crippen molar-refractivity contribution in [3.8, 4) is 11.6 Å². The van der Waals surface area contributed by atoms with E-state index in [1.165, 1.54) is 6.20 Å². The first-order chi connectivity index (χ1) is 9.11. The second kappa shape index (κ2) is 5.75. The van der Waals surface area contributed by atoms with Crippen LogP contribution in [0.2, 0.25) is 5.02 Å². The van der Waals surface area contributed by atoms with Crippen molar-refractivity contribution in [2.75, 3.05) is 5.73 Å². The van der Waals surface area contributed by atoms with Crippen molar-refractivity contribution in [1.29, 1.82) is 0 Å². The summed E-state index contributed by atoms with van der Waals surface area (Å²) in [7, 11) is 0. The lowest BCUT2D eigenvalue weighted by Gasteiger charge is -2.09. The third kappa shape index (κ3) is 3.06. The van der Waals surface area contributed by atoms with Crippen LogP contribution in [0.4, 0.5) is 5.69 Å². The van der Waals surface area contributed by atoms with Gasteiger partial charge in [-0.1, -0.05) is 18.5 Å². The van der Waals surface area contributed by atoms with E-state index in [4.69, 9.17) is 22.1 Å². The summed E-state index contributed by atoms with van der Waals surface area (Å²) in [5.41, 5.74) is 5.87. The lowest BCUT2D eigenvalue weighted by Crippen LogP contribution is -2.21. The third-order valence-electron chi connectivity index (χ3n) is 2.51. The Bertz CT molecular complexity index is 640. The third-order valence-corrected chi connectivity index (χ3v) is 2.82. The Balaban J connectivity index is 2.36. The minimum atomic E-state index is -0.289. The van der Waals surface area contributed by atoms with Crippen molar-refractivity contribution in [3.05, 3.63) is 46.0 Å². The molecule has 0 fully saturated rings. The largest absolute Gasteiger partial charge is 0.433 e. The SMILES string of the molecule is CCCn1ccnc(Oc2cc(N)ccc2Cl)c1=O. The molecule has 1 aromatic carbocycles. The van der Waals surface area contributed by atoms with Crippen LogP contribution in [0.25, 0.3) is 0 Å². The summed E-state index contributed by atoms with van der Waals surface area (Å²) in [4.78, 5) is 16.0. The molecule has 0 aliphatic rings. The van der Waals surface area contributed by atoms with Crippen LogP contribution in [0.1, 0.15) is 13.3 Å². The number of hydrogen-bond acceptors (Lipinski definition) is 4. The normalized spacial score (nSPS) is 10.4. The molecule has 2 rings (SSSR count). The standard InChI is InChI=1S/C13H14ClN3O2/c1-2-6-17-7-5-16-12(13(17)18)19-11-8-9(15)3-4-10(11)14/h3-5,7-8H,2,6,15H2,1H3. The molecule has 6 heteroatoms. The first-order valence-electron chi connectivity index (χ1n) is 5.90. The average molecular weight is 280 g/mol. The van der Waals surface area contributed by atoms with Crippen LogP contribution in [0.15, 0.2) is 35.4 Å². The fraction of sp³-hybridized carbons (Fsp3) is 0.231. The van der Waals surface area contributed by atoms with Gasteiger partial charge in [-0.25, -0.2) is 4.98 Å². The fourth-order valence-electron chi connectivity index (χ4n) is 1.62. The van der Waals surface area contributed by atoms with Gasteiger partial charge in [0.2, 0.25) is 0 Å². The lowest BCUT2D eigenvalue weighted by atomic mass is 10.3. The fourth-order valence-corrected chi connectivity index (χ4v) is 1.77. The van der Waals surface area contributed by atoms with E-state index < -0.39 is 0 Å². The minimum absolute atomic E-state index is 0.0107. The van der Waals surface area contributed by atoms with Crippen molar-refractivity contribution in [2.24, 2.45) is 0 Å². The van der Waals surface area contributed by atoms with Gasteiger partial charge in [-0.05, 0) is 18.6 Å². The van der Waals surface area contributed by atoms with Crippen molar-refractivity contribution in [2.45, 2.75) is 19.9 Å². The lowest BCUT2D eigenvalue weighted by molar-refractivity contribution is 0.444. The van der Waals surface area contributed by atoms with Crippen LogP contribution in [0.5, 0.6) is 11.6 Å². The molecule has 2 aromatic rings. The predicted molar refractivity (Wildman–Crippen MR) is 74.7 cm³/mol. The van der Waals surface area contributed by atoms with Gasteiger partial charge in [0.05, 0.1) is 5.02 Å². The first kappa shape index (κ1) is 13.4. The second-order valence-electron chi connectivity index (χ2n) is 4.02. The zero-order valence-corrected chi connectivity index (χ0v) is 11.2. The van der Waals surface area contributed by atoms with Gasteiger partial charge in [-0.3, -0.25) is 4.79 Å². The quantitative estimate of drug-likeness (QED) is 0.874. The number of nitrogen functional groups attached to an aromatic ring is 1. The molecule has 1 aromatic heterocycles. The van der Waals surface area contributed by atoms with Crippen LogP contribution in [-0.4, -0.2) is 9.55 Å². The highest BCUT2D eigenvalue weighted by Gasteiger charge is 2.10. The molecule has 19 heavy (non-hydrogen) atoms. The zero-order chi connectivity index (χ0) is 13.8. The minimum Gasteiger partial charge on any atom is -0.433 e. The molecule has 0 unspecified atom stereocenters. The van der Waals surface area contributed by atoms with E-state index in [0.29, 0.717) is 23.0 Å². The molecule has 100 valence electrons. The van der Waals surface area contributed by atoms with Crippen LogP contribution in [0, 0.1) is 0 Å². The van der Waals surface area contributed by atoms with E-state index >= 15 is 0 Å². The smallest absolute Gasteiger partial charge is 0.313 e. The molecular formula is C13H14ClN3O2. The molecule has 5 nitrogen and oxygen atoms in total. The summed E-state index contributed by atoms with van der Waals surface area (Å²) < 4.78 is 7.00. The number of halogens is 1. The van der Waals surface area contributed by atoms with Gasteiger partial charge >= 0.3 is 5.56 Å². The Kier molecular flexibility index (Phi) is 4.06. The van der Waals surface area contributed by atoms with Gasteiger partial charge in [0.25, 0.3) is 5.88 Å². The van der Waals surface area contributed by atoms with E-state index in [2.05, 4.69) is 4.98 Å². The second-order valence-corrected chi connectivity index (χ2v) is 4.43. The first-order valence-corrected chi connectivity index (χ1v) is 6.28. The van der Waals surface area contributed by atoms with Gasteiger partial charge < -0.3 is 15.0 Å². The monoisotopic (exact) mass is 279 g/mol. The van der Waals surface area contributed by atoms with Gasteiger partial charge in [-0.2, -0.15) is 0 Å². The number of aromatic nitrogens is 2. The molecule has 0 atom stereocenters. The van der Waals surface area contributed by atoms with Gasteiger partial charge in [0.15, 0.2) is 0 Å². The predicted octanol–water partition coefficient (Wildman–Crippen LogP) is 2.68. The number of aryl methyl sites for hydroxylation is 1. The number of benzene rings is 1. The van der Waals surface area contributed by atoms with E-state index in [1.807, 2.05) is 6.92 Å². The highest BCUT2D eigenvalue weighted by atomic mass is 35.5. The summed E-state index contributed by atoms with van der Waals surface area (Å²) >= 11 is 5.98. The van der Waals surface area contributed by atoms with Crippen LogP contribution in [-0.2, 0) is 6.54 Å². The molecule has 0 radical (unpaired) electrons. The highest BCUT2D eigenvalue weighted by Crippen LogP contribution is 2.29. The van der Waals surface area contributed by atoms with Crippen LogP contribution < -0.4 is 16.0 Å².